The molecule has 0 saturated heterocycles. The first-order chi connectivity index (χ1) is 11.5. The number of aromatic nitrogens is 1. The van der Waals surface area contributed by atoms with Crippen molar-refractivity contribution >= 4 is 21.2 Å². The van der Waals surface area contributed by atoms with E-state index in [1.165, 1.54) is 11.3 Å². The lowest BCUT2D eigenvalue weighted by molar-refractivity contribution is 0.477. The second-order valence-electron chi connectivity index (χ2n) is 5.41. The van der Waals surface area contributed by atoms with Crippen molar-refractivity contribution in [2.75, 3.05) is 0 Å². The van der Waals surface area contributed by atoms with Crippen LogP contribution in [0, 0.1) is 6.92 Å². The van der Waals surface area contributed by atoms with Crippen LogP contribution in [0.2, 0.25) is 0 Å². The molecule has 0 spiro atoms. The van der Waals surface area contributed by atoms with E-state index >= 15 is 0 Å². The Morgan fingerprint density at radius 3 is 2.42 bits per heavy atom. The Balaban J connectivity index is 1.79. The van der Waals surface area contributed by atoms with E-state index in [0.29, 0.717) is 22.8 Å². The van der Waals surface area contributed by atoms with Crippen LogP contribution in [0.3, 0.4) is 0 Å². The monoisotopic (exact) mass is 359 g/mol. The van der Waals surface area contributed by atoms with Gasteiger partial charge in [-0.3, -0.25) is 0 Å². The molecule has 0 saturated carbocycles. The highest BCUT2D eigenvalue weighted by atomic mass is 32.2. The summed E-state index contributed by atoms with van der Waals surface area (Å²) in [6.45, 7) is 1.86. The second-order valence-corrected chi connectivity index (χ2v) is 8.54. The Morgan fingerprint density at radius 2 is 1.71 bits per heavy atom. The van der Waals surface area contributed by atoms with Crippen molar-refractivity contribution in [3.05, 3.63) is 76.2 Å². The number of rotatable bonds is 6. The minimum Gasteiger partial charge on any atom is -0.457 e. The largest absolute Gasteiger partial charge is 0.457 e. The van der Waals surface area contributed by atoms with Crippen LogP contribution in [0.4, 0.5) is 0 Å². The molecule has 0 fully saturated rings. The van der Waals surface area contributed by atoms with Gasteiger partial charge in [0.1, 0.15) is 11.5 Å². The Hall–Kier alpha value is -2.18. The van der Waals surface area contributed by atoms with E-state index in [2.05, 4.69) is 4.98 Å². The molecular formula is C18H17NO3S2. The summed E-state index contributed by atoms with van der Waals surface area (Å²) in [6.07, 6.45) is 0. The molecule has 1 aromatic heterocycles. The van der Waals surface area contributed by atoms with E-state index in [-0.39, 0.29) is 11.5 Å². The highest BCUT2D eigenvalue weighted by Crippen LogP contribution is 2.27. The fraction of sp³-hybridized carbons (Fsp3) is 0.167. The van der Waals surface area contributed by atoms with Gasteiger partial charge in [-0.15, -0.1) is 11.3 Å². The third kappa shape index (κ3) is 4.43. The lowest BCUT2D eigenvalue weighted by Gasteiger charge is -2.11. The second kappa shape index (κ2) is 7.15. The van der Waals surface area contributed by atoms with Crippen LogP contribution < -0.4 is 4.74 Å². The molecule has 1 heterocycles. The van der Waals surface area contributed by atoms with Gasteiger partial charge < -0.3 is 4.74 Å². The first-order valence-electron chi connectivity index (χ1n) is 7.44. The van der Waals surface area contributed by atoms with E-state index in [1.54, 1.807) is 17.5 Å². The van der Waals surface area contributed by atoms with Crippen molar-refractivity contribution in [3.63, 3.8) is 0 Å². The quantitative estimate of drug-likeness (QED) is 0.656. The lowest BCUT2D eigenvalue weighted by atomic mass is 10.2. The Kier molecular flexibility index (Phi) is 4.97. The van der Waals surface area contributed by atoms with Gasteiger partial charge >= 0.3 is 0 Å². The molecule has 2 aromatic carbocycles. The Morgan fingerprint density at radius 1 is 1.00 bits per heavy atom. The van der Waals surface area contributed by atoms with Gasteiger partial charge in [0.2, 0.25) is 0 Å². The molecular weight excluding hydrogens is 342 g/mol. The topological polar surface area (TPSA) is 56.3 Å². The van der Waals surface area contributed by atoms with Crippen molar-refractivity contribution in [1.82, 2.24) is 4.98 Å². The maximum Gasteiger partial charge on any atom is 0.160 e. The molecule has 0 aliphatic rings. The van der Waals surface area contributed by atoms with Crippen LogP contribution in [-0.4, -0.2) is 13.4 Å². The summed E-state index contributed by atoms with van der Waals surface area (Å²) in [5, 5.41) is 2.66. The van der Waals surface area contributed by atoms with E-state index < -0.39 is 9.84 Å². The smallest absolute Gasteiger partial charge is 0.160 e. The lowest BCUT2D eigenvalue weighted by Crippen LogP contribution is -2.08. The molecule has 124 valence electrons. The van der Waals surface area contributed by atoms with E-state index in [1.807, 2.05) is 49.4 Å². The molecule has 0 amide bonds. The minimum absolute atomic E-state index is 0.0585. The third-order valence-electron chi connectivity index (χ3n) is 3.35. The van der Waals surface area contributed by atoms with Crippen molar-refractivity contribution < 1.29 is 13.2 Å². The third-order valence-corrected chi connectivity index (χ3v) is 5.66. The molecule has 0 N–H and O–H groups in total. The number of nitrogens with zero attached hydrogens (tertiary/aromatic N) is 1. The summed E-state index contributed by atoms with van der Waals surface area (Å²) >= 11 is 1.46. The zero-order chi connectivity index (χ0) is 17.0. The average Bonchev–Trinajstić information content (AvgIpc) is 2.94. The summed E-state index contributed by atoms with van der Waals surface area (Å²) in [4.78, 5) is 4.24. The maximum absolute atomic E-state index is 12.5. The zero-order valence-electron chi connectivity index (χ0n) is 13.2. The highest BCUT2D eigenvalue weighted by molar-refractivity contribution is 7.89. The molecule has 0 aliphatic heterocycles. The van der Waals surface area contributed by atoms with Gasteiger partial charge in [-0.1, -0.05) is 36.4 Å². The van der Waals surface area contributed by atoms with Crippen LogP contribution in [0.1, 0.15) is 16.3 Å². The van der Waals surface area contributed by atoms with Gasteiger partial charge in [0.15, 0.2) is 9.84 Å². The molecule has 4 nitrogen and oxygen atoms in total. The fourth-order valence-electron chi connectivity index (χ4n) is 2.33. The molecule has 3 aromatic rings. The summed E-state index contributed by atoms with van der Waals surface area (Å²) in [7, 11) is -3.32. The molecule has 0 unspecified atom stereocenters. The number of ether oxygens (including phenoxy) is 1. The Bertz CT molecular complexity index is 918. The van der Waals surface area contributed by atoms with Crippen LogP contribution in [0.5, 0.6) is 11.5 Å². The number of aryl methyl sites for hydroxylation is 1. The number of thiazole rings is 1. The van der Waals surface area contributed by atoms with Crippen molar-refractivity contribution in [2.45, 2.75) is 18.4 Å². The van der Waals surface area contributed by atoms with Gasteiger partial charge in [-0.05, 0) is 25.1 Å². The molecule has 0 bridgehead atoms. The zero-order valence-corrected chi connectivity index (χ0v) is 14.8. The van der Waals surface area contributed by atoms with Gasteiger partial charge in [0.05, 0.1) is 22.2 Å². The summed E-state index contributed by atoms with van der Waals surface area (Å²) < 4.78 is 30.8. The minimum atomic E-state index is -3.32. The average molecular weight is 359 g/mol. The van der Waals surface area contributed by atoms with Gasteiger partial charge in [-0.2, -0.15) is 0 Å². The summed E-state index contributed by atoms with van der Waals surface area (Å²) in [6, 6.07) is 16.5. The predicted octanol–water partition coefficient (Wildman–Crippen LogP) is 4.36. The first kappa shape index (κ1) is 16.7. The number of hydrogen-bond acceptors (Lipinski definition) is 5. The SMILES string of the molecule is Cc1nc(CS(=O)(=O)Cc2ccccc2Oc2ccccc2)cs1. The van der Waals surface area contributed by atoms with Crippen molar-refractivity contribution in [2.24, 2.45) is 0 Å². The molecule has 0 radical (unpaired) electrons. The standard InChI is InChI=1S/C18H17NO3S2/c1-14-19-16(11-23-14)13-24(20,21)12-15-7-5-6-10-18(15)22-17-8-3-2-4-9-17/h2-11H,12-13H2,1H3. The fourth-order valence-corrected chi connectivity index (χ4v) is 4.46. The van der Waals surface area contributed by atoms with Crippen LogP contribution in [0.25, 0.3) is 0 Å². The van der Waals surface area contributed by atoms with Gasteiger partial charge in [-0.25, -0.2) is 13.4 Å². The number of para-hydroxylation sites is 2. The number of benzene rings is 2. The maximum atomic E-state index is 12.5. The summed E-state index contributed by atoms with van der Waals surface area (Å²) in [5.41, 5.74) is 1.24. The van der Waals surface area contributed by atoms with Crippen LogP contribution in [0.15, 0.2) is 60.0 Å². The summed E-state index contributed by atoms with van der Waals surface area (Å²) in [5.74, 6) is 1.10. The van der Waals surface area contributed by atoms with Gasteiger partial charge in [0.25, 0.3) is 0 Å². The molecule has 3 rings (SSSR count). The van der Waals surface area contributed by atoms with E-state index in [4.69, 9.17) is 4.74 Å². The van der Waals surface area contributed by atoms with Crippen LogP contribution in [-0.2, 0) is 21.3 Å². The van der Waals surface area contributed by atoms with Crippen molar-refractivity contribution in [1.29, 1.82) is 0 Å². The van der Waals surface area contributed by atoms with Gasteiger partial charge in [0, 0.05) is 10.9 Å². The van der Waals surface area contributed by atoms with Crippen LogP contribution >= 0.6 is 11.3 Å². The Labute approximate surface area is 145 Å². The van der Waals surface area contributed by atoms with E-state index in [0.717, 1.165) is 5.01 Å². The molecule has 6 heteroatoms. The highest BCUT2D eigenvalue weighted by Gasteiger charge is 2.18. The number of hydrogen-bond donors (Lipinski definition) is 0. The van der Waals surface area contributed by atoms with Crippen molar-refractivity contribution in [3.8, 4) is 11.5 Å². The molecule has 0 atom stereocenters. The first-order valence-corrected chi connectivity index (χ1v) is 10.1. The molecule has 24 heavy (non-hydrogen) atoms. The van der Waals surface area contributed by atoms with E-state index in [9.17, 15) is 8.42 Å². The number of sulfone groups is 1. The molecule has 0 aliphatic carbocycles. The predicted molar refractivity (Wildman–Crippen MR) is 96.1 cm³/mol. The normalized spacial score (nSPS) is 11.4.